The van der Waals surface area contributed by atoms with Crippen molar-refractivity contribution < 1.29 is 4.74 Å². The fourth-order valence-electron chi connectivity index (χ4n) is 2.25. The van der Waals surface area contributed by atoms with Crippen molar-refractivity contribution in [2.24, 2.45) is 0 Å². The maximum absolute atomic E-state index is 6.09. The van der Waals surface area contributed by atoms with Crippen molar-refractivity contribution in [3.63, 3.8) is 0 Å². The second-order valence-corrected chi connectivity index (χ2v) is 5.47. The maximum atomic E-state index is 6.09. The van der Waals surface area contributed by atoms with E-state index in [0.717, 1.165) is 32.5 Å². The molecule has 102 valence electrons. The Labute approximate surface area is 125 Å². The van der Waals surface area contributed by atoms with Gasteiger partial charge in [-0.3, -0.25) is 4.57 Å². The number of imidazole rings is 1. The number of nitrogen functional groups attached to an aromatic ring is 1. The first kappa shape index (κ1) is 13.0. The molecule has 0 amide bonds. The zero-order valence-electron chi connectivity index (χ0n) is 11.2. The molecule has 5 heteroatoms. The lowest BCUT2D eigenvalue weighted by Crippen LogP contribution is -2.01. The molecule has 20 heavy (non-hydrogen) atoms. The molecule has 2 aromatic carbocycles. The summed E-state index contributed by atoms with van der Waals surface area (Å²) in [6.45, 7) is 2.05. The number of methoxy groups -OCH3 is 1. The summed E-state index contributed by atoms with van der Waals surface area (Å²) in [4.78, 5) is 4.41. The summed E-state index contributed by atoms with van der Waals surface area (Å²) in [5.41, 5.74) is 10.0. The molecule has 0 saturated carbocycles. The first-order chi connectivity index (χ1) is 9.60. The molecule has 0 bridgehead atoms. The molecular weight excluding hydrogens is 318 g/mol. The second kappa shape index (κ2) is 4.83. The van der Waals surface area contributed by atoms with Crippen LogP contribution in [0.2, 0.25) is 0 Å². The van der Waals surface area contributed by atoms with E-state index in [1.165, 1.54) is 0 Å². The average molecular weight is 332 g/mol. The van der Waals surface area contributed by atoms with Gasteiger partial charge in [0.25, 0.3) is 0 Å². The van der Waals surface area contributed by atoms with Crippen LogP contribution in [0.3, 0.4) is 0 Å². The van der Waals surface area contributed by atoms with Crippen LogP contribution in [0.25, 0.3) is 16.7 Å². The molecule has 1 aromatic heterocycles. The van der Waals surface area contributed by atoms with Crippen LogP contribution >= 0.6 is 15.9 Å². The molecule has 3 aromatic rings. The number of nitrogens with zero attached hydrogens (tertiary/aromatic N) is 2. The molecule has 0 aliphatic carbocycles. The molecule has 2 N–H and O–H groups in total. The van der Waals surface area contributed by atoms with E-state index in [4.69, 9.17) is 10.5 Å². The van der Waals surface area contributed by atoms with E-state index in [1.54, 1.807) is 7.11 Å². The second-order valence-electron chi connectivity index (χ2n) is 4.61. The largest absolute Gasteiger partial charge is 0.497 e. The number of aryl methyl sites for hydroxylation is 1. The summed E-state index contributed by atoms with van der Waals surface area (Å²) in [7, 11) is 1.64. The summed E-state index contributed by atoms with van der Waals surface area (Å²) in [5.74, 6) is 1.23. The fraction of sp³-hybridized carbons (Fsp3) is 0.133. The normalized spacial score (nSPS) is 10.9. The quantitative estimate of drug-likeness (QED) is 0.779. The molecule has 3 rings (SSSR count). The van der Waals surface area contributed by atoms with Crippen molar-refractivity contribution in [1.29, 1.82) is 0 Å². The number of anilines is 1. The molecule has 0 spiro atoms. The van der Waals surface area contributed by atoms with Gasteiger partial charge in [0.1, 0.15) is 5.75 Å². The summed E-state index contributed by atoms with van der Waals surface area (Å²) in [5, 5.41) is 0. The van der Waals surface area contributed by atoms with E-state index in [2.05, 4.69) is 27.0 Å². The van der Waals surface area contributed by atoms with Gasteiger partial charge in [-0.05, 0) is 52.7 Å². The van der Waals surface area contributed by atoms with Crippen molar-refractivity contribution in [3.8, 4) is 11.4 Å². The highest BCUT2D eigenvalue weighted by Crippen LogP contribution is 2.30. The monoisotopic (exact) mass is 331 g/mol. The SMILES string of the molecule is COc1ccc2c(c1)nc(N)n2-c1cc(C)ccc1Br. The van der Waals surface area contributed by atoms with Crippen LogP contribution in [0.1, 0.15) is 5.56 Å². The van der Waals surface area contributed by atoms with Crippen molar-refractivity contribution in [2.45, 2.75) is 6.92 Å². The number of halogens is 1. The maximum Gasteiger partial charge on any atom is 0.205 e. The van der Waals surface area contributed by atoms with Crippen LogP contribution in [-0.4, -0.2) is 16.7 Å². The van der Waals surface area contributed by atoms with E-state index < -0.39 is 0 Å². The fourth-order valence-corrected chi connectivity index (χ4v) is 2.68. The minimum absolute atomic E-state index is 0.458. The van der Waals surface area contributed by atoms with Crippen LogP contribution in [-0.2, 0) is 0 Å². The summed E-state index contributed by atoms with van der Waals surface area (Å²) in [6, 6.07) is 11.9. The predicted molar refractivity (Wildman–Crippen MR) is 84.5 cm³/mol. The zero-order chi connectivity index (χ0) is 14.3. The highest BCUT2D eigenvalue weighted by atomic mass is 79.9. The number of rotatable bonds is 2. The van der Waals surface area contributed by atoms with Crippen LogP contribution in [0, 0.1) is 6.92 Å². The van der Waals surface area contributed by atoms with Crippen LogP contribution in [0.15, 0.2) is 40.9 Å². The Balaban J connectivity index is 2.30. The van der Waals surface area contributed by atoms with Gasteiger partial charge in [0, 0.05) is 10.5 Å². The van der Waals surface area contributed by atoms with E-state index in [-0.39, 0.29) is 0 Å². The van der Waals surface area contributed by atoms with Gasteiger partial charge in [-0.15, -0.1) is 0 Å². The third-order valence-corrected chi connectivity index (χ3v) is 3.90. The Bertz CT molecular complexity index is 795. The summed E-state index contributed by atoms with van der Waals surface area (Å²) < 4.78 is 8.13. The molecule has 0 atom stereocenters. The third kappa shape index (κ3) is 2.04. The smallest absolute Gasteiger partial charge is 0.205 e. The van der Waals surface area contributed by atoms with Crippen LogP contribution < -0.4 is 10.5 Å². The number of nitrogens with two attached hydrogens (primary N) is 1. The summed E-state index contributed by atoms with van der Waals surface area (Å²) in [6.07, 6.45) is 0. The number of hydrogen-bond acceptors (Lipinski definition) is 3. The number of ether oxygens (including phenoxy) is 1. The Morgan fingerprint density at radius 1 is 1.20 bits per heavy atom. The van der Waals surface area contributed by atoms with Gasteiger partial charge in [-0.25, -0.2) is 4.98 Å². The Morgan fingerprint density at radius 3 is 2.75 bits per heavy atom. The van der Waals surface area contributed by atoms with Crippen LogP contribution in [0.5, 0.6) is 5.75 Å². The van der Waals surface area contributed by atoms with Gasteiger partial charge in [0.05, 0.1) is 23.8 Å². The van der Waals surface area contributed by atoms with E-state index in [9.17, 15) is 0 Å². The van der Waals surface area contributed by atoms with Gasteiger partial charge in [0.2, 0.25) is 5.95 Å². The molecule has 0 aliphatic rings. The van der Waals surface area contributed by atoms with E-state index >= 15 is 0 Å². The van der Waals surface area contributed by atoms with E-state index in [0.29, 0.717) is 5.95 Å². The van der Waals surface area contributed by atoms with Gasteiger partial charge < -0.3 is 10.5 Å². The Kier molecular flexibility index (Phi) is 3.14. The topological polar surface area (TPSA) is 53.1 Å². The minimum Gasteiger partial charge on any atom is -0.497 e. The Morgan fingerprint density at radius 2 is 2.00 bits per heavy atom. The van der Waals surface area contributed by atoms with Crippen LogP contribution in [0.4, 0.5) is 5.95 Å². The standard InChI is InChI=1S/C15H14BrN3O/c1-9-3-5-11(16)14(7-9)19-13-6-4-10(20-2)8-12(13)18-15(19)17/h3-8H,1-2H3,(H2,17,18). The first-order valence-electron chi connectivity index (χ1n) is 6.18. The van der Waals surface area contributed by atoms with Crippen molar-refractivity contribution in [3.05, 3.63) is 46.4 Å². The molecule has 0 saturated heterocycles. The third-order valence-electron chi connectivity index (χ3n) is 3.23. The number of hydrogen-bond donors (Lipinski definition) is 1. The van der Waals surface area contributed by atoms with Gasteiger partial charge in [0.15, 0.2) is 0 Å². The number of fused-ring (bicyclic) bond motifs is 1. The number of aromatic nitrogens is 2. The molecule has 0 fully saturated rings. The minimum atomic E-state index is 0.458. The zero-order valence-corrected chi connectivity index (χ0v) is 12.8. The van der Waals surface area contributed by atoms with Crippen molar-refractivity contribution in [1.82, 2.24) is 9.55 Å². The summed E-state index contributed by atoms with van der Waals surface area (Å²) >= 11 is 3.57. The molecule has 0 radical (unpaired) electrons. The van der Waals surface area contributed by atoms with Gasteiger partial charge >= 0.3 is 0 Å². The predicted octanol–water partition coefficient (Wildman–Crippen LogP) is 3.69. The van der Waals surface area contributed by atoms with Crippen molar-refractivity contribution >= 4 is 32.9 Å². The highest BCUT2D eigenvalue weighted by molar-refractivity contribution is 9.10. The molecule has 0 aliphatic heterocycles. The number of benzene rings is 2. The van der Waals surface area contributed by atoms with Gasteiger partial charge in [-0.1, -0.05) is 6.07 Å². The lowest BCUT2D eigenvalue weighted by atomic mass is 10.2. The molecular formula is C15H14BrN3O. The van der Waals surface area contributed by atoms with Crippen molar-refractivity contribution in [2.75, 3.05) is 12.8 Å². The lowest BCUT2D eigenvalue weighted by Gasteiger charge is -2.10. The molecule has 1 heterocycles. The highest BCUT2D eigenvalue weighted by Gasteiger charge is 2.13. The lowest BCUT2D eigenvalue weighted by molar-refractivity contribution is 0.415. The van der Waals surface area contributed by atoms with Gasteiger partial charge in [-0.2, -0.15) is 0 Å². The first-order valence-corrected chi connectivity index (χ1v) is 6.98. The average Bonchev–Trinajstić information content (AvgIpc) is 2.76. The molecule has 0 unspecified atom stereocenters. The molecule has 4 nitrogen and oxygen atoms in total. The Hall–Kier alpha value is -2.01. The van der Waals surface area contributed by atoms with E-state index in [1.807, 2.05) is 41.8 Å².